The topological polar surface area (TPSA) is 75.3 Å². The molecule has 0 saturated carbocycles. The molecule has 0 aliphatic heterocycles. The minimum atomic E-state index is -3.66. The maximum Gasteiger partial charge on any atom is 0.261 e. The third-order valence-corrected chi connectivity index (χ3v) is 6.17. The van der Waals surface area contributed by atoms with Crippen molar-refractivity contribution in [2.24, 2.45) is 0 Å². The zero-order valence-corrected chi connectivity index (χ0v) is 16.9. The molecule has 4 aromatic rings. The molecule has 0 heterocycles. The molecule has 6 heteroatoms. The van der Waals surface area contributed by atoms with E-state index in [2.05, 4.69) is 10.0 Å². The van der Waals surface area contributed by atoms with Crippen molar-refractivity contribution in [3.8, 4) is 0 Å². The second kappa shape index (κ2) is 8.39. The maximum absolute atomic E-state index is 12.5. The number of anilines is 1. The van der Waals surface area contributed by atoms with Gasteiger partial charge in [0.05, 0.1) is 4.90 Å². The number of amides is 1. The second-order valence-electron chi connectivity index (χ2n) is 6.82. The van der Waals surface area contributed by atoms with Gasteiger partial charge in [0.15, 0.2) is 0 Å². The molecule has 150 valence electrons. The number of benzene rings is 4. The molecule has 0 aliphatic carbocycles. The van der Waals surface area contributed by atoms with Crippen LogP contribution in [0.1, 0.15) is 15.9 Å². The van der Waals surface area contributed by atoms with Gasteiger partial charge in [-0.2, -0.15) is 0 Å². The highest BCUT2D eigenvalue weighted by Crippen LogP contribution is 2.19. The predicted octanol–water partition coefficient (Wildman–Crippen LogP) is 4.57. The Morgan fingerprint density at radius 3 is 2.17 bits per heavy atom. The van der Waals surface area contributed by atoms with Gasteiger partial charge in [0, 0.05) is 17.8 Å². The van der Waals surface area contributed by atoms with Crippen LogP contribution in [0.3, 0.4) is 0 Å². The van der Waals surface area contributed by atoms with E-state index in [0.717, 1.165) is 16.3 Å². The van der Waals surface area contributed by atoms with Crippen molar-refractivity contribution in [1.82, 2.24) is 5.32 Å². The molecule has 0 unspecified atom stereocenters. The lowest BCUT2D eigenvalue weighted by atomic mass is 10.0. The molecule has 5 nitrogen and oxygen atoms in total. The van der Waals surface area contributed by atoms with E-state index in [0.29, 0.717) is 17.8 Å². The highest BCUT2D eigenvalue weighted by Gasteiger charge is 2.14. The lowest BCUT2D eigenvalue weighted by Crippen LogP contribution is -2.23. The number of carbonyl (C=O) groups excluding carboxylic acids is 1. The van der Waals surface area contributed by atoms with E-state index >= 15 is 0 Å². The van der Waals surface area contributed by atoms with Crippen LogP contribution in [-0.2, 0) is 16.6 Å². The van der Waals surface area contributed by atoms with Gasteiger partial charge in [-0.1, -0.05) is 60.7 Å². The van der Waals surface area contributed by atoms with E-state index in [-0.39, 0.29) is 10.8 Å². The third-order valence-electron chi connectivity index (χ3n) is 4.77. The lowest BCUT2D eigenvalue weighted by molar-refractivity contribution is 0.0951. The average molecular weight is 417 g/mol. The Balaban J connectivity index is 1.43. The van der Waals surface area contributed by atoms with Crippen molar-refractivity contribution in [3.63, 3.8) is 0 Å². The van der Waals surface area contributed by atoms with E-state index in [1.165, 1.54) is 12.1 Å². The molecule has 0 atom stereocenters. The Kier molecular flexibility index (Phi) is 5.50. The largest absolute Gasteiger partial charge is 0.348 e. The molecular weight excluding hydrogens is 396 g/mol. The fraction of sp³-hybridized carbons (Fsp3) is 0.0417. The summed E-state index contributed by atoms with van der Waals surface area (Å²) >= 11 is 0. The van der Waals surface area contributed by atoms with Gasteiger partial charge < -0.3 is 5.32 Å². The molecule has 0 aromatic heterocycles. The molecule has 0 radical (unpaired) electrons. The number of hydrogen-bond acceptors (Lipinski definition) is 3. The van der Waals surface area contributed by atoms with Crippen molar-refractivity contribution in [2.75, 3.05) is 4.72 Å². The number of rotatable bonds is 6. The van der Waals surface area contributed by atoms with Crippen molar-refractivity contribution in [2.45, 2.75) is 11.4 Å². The van der Waals surface area contributed by atoms with Crippen LogP contribution in [0.4, 0.5) is 5.69 Å². The standard InChI is InChI=1S/C24H20N2O3S/c27-24(25-17-20-9-6-8-18-7-4-5-12-23(18)20)19-13-15-21(16-14-19)26-30(28,29)22-10-2-1-3-11-22/h1-16,26H,17H2,(H,25,27). The first-order chi connectivity index (χ1) is 14.5. The SMILES string of the molecule is O=C(NCc1cccc2ccccc12)c1ccc(NS(=O)(=O)c2ccccc2)cc1. The quantitative estimate of drug-likeness (QED) is 0.483. The first-order valence-corrected chi connectivity index (χ1v) is 10.9. The van der Waals surface area contributed by atoms with E-state index in [9.17, 15) is 13.2 Å². The first kappa shape index (κ1) is 19.7. The summed E-state index contributed by atoms with van der Waals surface area (Å²) in [5.41, 5.74) is 1.89. The highest BCUT2D eigenvalue weighted by molar-refractivity contribution is 7.92. The maximum atomic E-state index is 12.5. The van der Waals surface area contributed by atoms with Gasteiger partial charge in [0.25, 0.3) is 15.9 Å². The van der Waals surface area contributed by atoms with Crippen molar-refractivity contribution < 1.29 is 13.2 Å². The summed E-state index contributed by atoms with van der Waals surface area (Å²) in [6.45, 7) is 0.405. The molecule has 1 amide bonds. The van der Waals surface area contributed by atoms with Gasteiger partial charge in [-0.15, -0.1) is 0 Å². The minimum absolute atomic E-state index is 0.182. The van der Waals surface area contributed by atoms with E-state index in [1.807, 2.05) is 42.5 Å². The molecule has 0 saturated heterocycles. The summed E-state index contributed by atoms with van der Waals surface area (Å²) < 4.78 is 27.3. The monoisotopic (exact) mass is 416 g/mol. The Bertz CT molecular complexity index is 1280. The Hall–Kier alpha value is -3.64. The molecule has 30 heavy (non-hydrogen) atoms. The highest BCUT2D eigenvalue weighted by atomic mass is 32.2. The smallest absolute Gasteiger partial charge is 0.261 e. The van der Waals surface area contributed by atoms with Crippen LogP contribution in [-0.4, -0.2) is 14.3 Å². The summed E-state index contributed by atoms with van der Waals surface area (Å²) in [7, 11) is -3.66. The summed E-state index contributed by atoms with van der Waals surface area (Å²) in [6.07, 6.45) is 0. The van der Waals surface area contributed by atoms with Gasteiger partial charge in [-0.05, 0) is 52.7 Å². The van der Waals surface area contributed by atoms with Crippen LogP contribution < -0.4 is 10.0 Å². The zero-order chi connectivity index (χ0) is 21.0. The molecule has 2 N–H and O–H groups in total. The fourth-order valence-corrected chi connectivity index (χ4v) is 4.31. The van der Waals surface area contributed by atoms with Gasteiger partial charge in [0.2, 0.25) is 0 Å². The molecule has 4 rings (SSSR count). The summed E-state index contributed by atoms with van der Waals surface area (Å²) in [5.74, 6) is -0.222. The average Bonchev–Trinajstić information content (AvgIpc) is 2.78. The Morgan fingerprint density at radius 2 is 1.40 bits per heavy atom. The summed E-state index contributed by atoms with van der Waals surface area (Å²) in [6, 6.07) is 28.5. The molecule has 4 aromatic carbocycles. The second-order valence-corrected chi connectivity index (χ2v) is 8.50. The minimum Gasteiger partial charge on any atom is -0.348 e. The van der Waals surface area contributed by atoms with E-state index < -0.39 is 10.0 Å². The molecule has 0 spiro atoms. The van der Waals surface area contributed by atoms with Gasteiger partial charge in [0.1, 0.15) is 0 Å². The van der Waals surface area contributed by atoms with Gasteiger partial charge in [-0.25, -0.2) is 8.42 Å². The molecule has 0 bridgehead atoms. The normalized spacial score (nSPS) is 11.2. The van der Waals surface area contributed by atoms with Gasteiger partial charge >= 0.3 is 0 Å². The molecule has 0 fully saturated rings. The van der Waals surface area contributed by atoms with Gasteiger partial charge in [-0.3, -0.25) is 9.52 Å². The van der Waals surface area contributed by atoms with Crippen LogP contribution in [0.25, 0.3) is 10.8 Å². The summed E-state index contributed by atoms with van der Waals surface area (Å²) in [5, 5.41) is 5.15. The predicted molar refractivity (Wildman–Crippen MR) is 119 cm³/mol. The van der Waals surface area contributed by atoms with Crippen LogP contribution in [0, 0.1) is 0 Å². The number of nitrogens with one attached hydrogen (secondary N) is 2. The lowest BCUT2D eigenvalue weighted by Gasteiger charge is -2.10. The number of hydrogen-bond donors (Lipinski definition) is 2. The van der Waals surface area contributed by atoms with E-state index in [1.54, 1.807) is 42.5 Å². The van der Waals surface area contributed by atoms with Crippen LogP contribution in [0.5, 0.6) is 0 Å². The Morgan fingerprint density at radius 1 is 0.733 bits per heavy atom. The van der Waals surface area contributed by atoms with Crippen LogP contribution in [0.15, 0.2) is 102 Å². The van der Waals surface area contributed by atoms with Crippen molar-refractivity contribution >= 4 is 32.4 Å². The van der Waals surface area contributed by atoms with Crippen molar-refractivity contribution in [1.29, 1.82) is 0 Å². The Labute approximate surface area is 175 Å². The van der Waals surface area contributed by atoms with Crippen LogP contribution in [0.2, 0.25) is 0 Å². The fourth-order valence-electron chi connectivity index (χ4n) is 3.23. The summed E-state index contributed by atoms with van der Waals surface area (Å²) in [4.78, 5) is 12.7. The zero-order valence-electron chi connectivity index (χ0n) is 16.1. The number of carbonyl (C=O) groups is 1. The number of fused-ring (bicyclic) bond motifs is 1. The molecular formula is C24H20N2O3S. The first-order valence-electron chi connectivity index (χ1n) is 9.46. The third kappa shape index (κ3) is 4.34. The van der Waals surface area contributed by atoms with E-state index in [4.69, 9.17) is 0 Å². The van der Waals surface area contributed by atoms with Crippen molar-refractivity contribution in [3.05, 3.63) is 108 Å². The van der Waals surface area contributed by atoms with Crippen LogP contribution >= 0.6 is 0 Å². The molecule has 0 aliphatic rings. The number of sulfonamides is 1.